The van der Waals surface area contributed by atoms with Crippen LogP contribution in [-0.2, 0) is 0 Å². The van der Waals surface area contributed by atoms with E-state index in [0.717, 1.165) is 17.0 Å². The Hall–Kier alpha value is -2.23. The fourth-order valence-corrected chi connectivity index (χ4v) is 1.88. The Morgan fingerprint density at radius 3 is 2.53 bits per heavy atom. The largest absolute Gasteiger partial charge is 0.253 e. The van der Waals surface area contributed by atoms with E-state index in [-0.39, 0.29) is 0 Å². The van der Waals surface area contributed by atoms with Crippen LogP contribution in [0.3, 0.4) is 0 Å². The number of nitrogens with zero attached hydrogens (tertiary/aromatic N) is 4. The van der Waals surface area contributed by atoms with Gasteiger partial charge in [0.05, 0.1) is 0 Å². The van der Waals surface area contributed by atoms with Gasteiger partial charge in [-0.2, -0.15) is 4.98 Å². The Labute approximate surface area is 99.0 Å². The zero-order chi connectivity index (χ0) is 11.8. The lowest BCUT2D eigenvalue weighted by atomic mass is 10.2. The first-order valence-electron chi connectivity index (χ1n) is 5.50. The SMILES string of the molecule is Cc1cc(C)n2nc(-c3ccccc3)nc2n1. The van der Waals surface area contributed by atoms with E-state index in [1.807, 2.05) is 50.2 Å². The molecule has 0 aliphatic heterocycles. The quantitative estimate of drug-likeness (QED) is 0.637. The first kappa shape index (κ1) is 9.96. The number of fused-ring (bicyclic) bond motifs is 1. The molecule has 3 aromatic rings. The van der Waals surface area contributed by atoms with E-state index < -0.39 is 0 Å². The molecule has 3 rings (SSSR count). The Kier molecular flexibility index (Phi) is 2.14. The van der Waals surface area contributed by atoms with Crippen molar-refractivity contribution >= 4 is 5.78 Å². The van der Waals surface area contributed by atoms with Gasteiger partial charge in [0, 0.05) is 17.0 Å². The van der Waals surface area contributed by atoms with Crippen LogP contribution in [0.4, 0.5) is 0 Å². The van der Waals surface area contributed by atoms with Crippen molar-refractivity contribution in [1.82, 2.24) is 19.6 Å². The maximum atomic E-state index is 4.47. The monoisotopic (exact) mass is 224 g/mol. The Balaban J connectivity index is 2.24. The van der Waals surface area contributed by atoms with Crippen molar-refractivity contribution in [2.75, 3.05) is 0 Å². The van der Waals surface area contributed by atoms with Crippen LogP contribution in [0.5, 0.6) is 0 Å². The Morgan fingerprint density at radius 1 is 1.00 bits per heavy atom. The van der Waals surface area contributed by atoms with Crippen LogP contribution < -0.4 is 0 Å². The minimum absolute atomic E-state index is 0.654. The van der Waals surface area contributed by atoms with Gasteiger partial charge in [0.25, 0.3) is 5.78 Å². The van der Waals surface area contributed by atoms with Gasteiger partial charge < -0.3 is 0 Å². The molecule has 0 atom stereocenters. The lowest BCUT2D eigenvalue weighted by molar-refractivity contribution is 0.888. The summed E-state index contributed by atoms with van der Waals surface area (Å²) in [7, 11) is 0. The van der Waals surface area contributed by atoms with E-state index in [2.05, 4.69) is 15.1 Å². The fraction of sp³-hybridized carbons (Fsp3) is 0.154. The van der Waals surface area contributed by atoms with E-state index in [1.165, 1.54) is 0 Å². The van der Waals surface area contributed by atoms with Crippen LogP contribution in [0.2, 0.25) is 0 Å². The molecule has 4 heteroatoms. The van der Waals surface area contributed by atoms with Gasteiger partial charge in [-0.1, -0.05) is 30.3 Å². The molecule has 0 bridgehead atoms. The summed E-state index contributed by atoms with van der Waals surface area (Å²) in [6, 6.07) is 11.9. The molecule has 0 N–H and O–H groups in total. The van der Waals surface area contributed by atoms with Gasteiger partial charge in [-0.25, -0.2) is 9.50 Å². The van der Waals surface area contributed by atoms with Crippen molar-refractivity contribution in [2.24, 2.45) is 0 Å². The minimum atomic E-state index is 0.654. The maximum Gasteiger partial charge on any atom is 0.253 e. The smallest absolute Gasteiger partial charge is 0.216 e. The molecule has 0 radical (unpaired) electrons. The summed E-state index contributed by atoms with van der Waals surface area (Å²) in [5, 5.41) is 4.47. The standard InChI is InChI=1S/C13H12N4/c1-9-8-10(2)17-13(14-9)15-12(16-17)11-6-4-3-5-7-11/h3-8H,1-2H3. The van der Waals surface area contributed by atoms with E-state index >= 15 is 0 Å². The predicted octanol–water partition coefficient (Wildman–Crippen LogP) is 2.41. The van der Waals surface area contributed by atoms with Crippen molar-refractivity contribution in [3.63, 3.8) is 0 Å². The summed E-state index contributed by atoms with van der Waals surface area (Å²) < 4.78 is 1.77. The van der Waals surface area contributed by atoms with Crippen molar-refractivity contribution in [3.05, 3.63) is 47.8 Å². The molecule has 0 spiro atoms. The van der Waals surface area contributed by atoms with Crippen LogP contribution in [0.1, 0.15) is 11.4 Å². The molecule has 0 saturated heterocycles. The van der Waals surface area contributed by atoms with Gasteiger partial charge in [-0.3, -0.25) is 0 Å². The Morgan fingerprint density at radius 2 is 1.76 bits per heavy atom. The molecule has 84 valence electrons. The van der Waals surface area contributed by atoms with Crippen LogP contribution >= 0.6 is 0 Å². The highest BCUT2D eigenvalue weighted by Crippen LogP contribution is 2.15. The second kappa shape index (κ2) is 3.66. The molecule has 4 nitrogen and oxygen atoms in total. The van der Waals surface area contributed by atoms with E-state index in [9.17, 15) is 0 Å². The topological polar surface area (TPSA) is 43.1 Å². The van der Waals surface area contributed by atoms with E-state index in [1.54, 1.807) is 4.52 Å². The van der Waals surface area contributed by atoms with Gasteiger partial charge in [-0.05, 0) is 19.9 Å². The number of hydrogen-bond acceptors (Lipinski definition) is 3. The normalized spacial score (nSPS) is 10.9. The lowest BCUT2D eigenvalue weighted by Crippen LogP contribution is -1.97. The van der Waals surface area contributed by atoms with Crippen molar-refractivity contribution in [1.29, 1.82) is 0 Å². The predicted molar refractivity (Wildman–Crippen MR) is 65.7 cm³/mol. The molecule has 2 aromatic heterocycles. The van der Waals surface area contributed by atoms with Gasteiger partial charge in [0.15, 0.2) is 5.82 Å². The molecule has 2 heterocycles. The number of rotatable bonds is 1. The van der Waals surface area contributed by atoms with Crippen LogP contribution in [0, 0.1) is 13.8 Å². The molecule has 0 amide bonds. The highest BCUT2D eigenvalue weighted by molar-refractivity contribution is 5.56. The van der Waals surface area contributed by atoms with Gasteiger partial charge >= 0.3 is 0 Å². The molecule has 0 unspecified atom stereocenters. The third kappa shape index (κ3) is 1.67. The zero-order valence-electron chi connectivity index (χ0n) is 9.75. The first-order valence-corrected chi connectivity index (χ1v) is 5.50. The molecular formula is C13H12N4. The Bertz CT molecular complexity index is 670. The first-order chi connectivity index (χ1) is 8.24. The van der Waals surface area contributed by atoms with Crippen LogP contribution in [-0.4, -0.2) is 19.6 Å². The van der Waals surface area contributed by atoms with Gasteiger partial charge in [0.1, 0.15) is 0 Å². The van der Waals surface area contributed by atoms with E-state index in [4.69, 9.17) is 0 Å². The molecule has 0 fully saturated rings. The fourth-order valence-electron chi connectivity index (χ4n) is 1.88. The molecule has 0 aliphatic carbocycles. The molecule has 0 aliphatic rings. The summed E-state index contributed by atoms with van der Waals surface area (Å²) >= 11 is 0. The number of aromatic nitrogens is 4. The average Bonchev–Trinajstić information content (AvgIpc) is 2.74. The minimum Gasteiger partial charge on any atom is -0.216 e. The third-order valence-corrected chi connectivity index (χ3v) is 2.65. The van der Waals surface area contributed by atoms with Crippen LogP contribution in [0.25, 0.3) is 17.2 Å². The van der Waals surface area contributed by atoms with Gasteiger partial charge in [-0.15, -0.1) is 5.10 Å². The summed E-state index contributed by atoms with van der Waals surface area (Å²) in [6.45, 7) is 3.97. The second-order valence-electron chi connectivity index (χ2n) is 4.05. The third-order valence-electron chi connectivity index (χ3n) is 2.65. The highest BCUT2D eigenvalue weighted by atomic mass is 15.3. The van der Waals surface area contributed by atoms with Gasteiger partial charge in [0.2, 0.25) is 0 Å². The zero-order valence-corrected chi connectivity index (χ0v) is 9.75. The number of benzene rings is 1. The lowest BCUT2D eigenvalue weighted by Gasteiger charge is -1.97. The molecular weight excluding hydrogens is 212 g/mol. The number of aryl methyl sites for hydroxylation is 2. The van der Waals surface area contributed by atoms with Crippen molar-refractivity contribution in [3.8, 4) is 11.4 Å². The summed E-state index contributed by atoms with van der Waals surface area (Å²) in [5.74, 6) is 1.37. The summed E-state index contributed by atoms with van der Waals surface area (Å²) in [4.78, 5) is 8.82. The molecule has 0 saturated carbocycles. The van der Waals surface area contributed by atoms with Crippen LogP contribution in [0.15, 0.2) is 36.4 Å². The highest BCUT2D eigenvalue weighted by Gasteiger charge is 2.08. The van der Waals surface area contributed by atoms with Crippen molar-refractivity contribution in [2.45, 2.75) is 13.8 Å². The average molecular weight is 224 g/mol. The summed E-state index contributed by atoms with van der Waals surface area (Å²) in [6.07, 6.45) is 0. The molecule has 1 aromatic carbocycles. The van der Waals surface area contributed by atoms with Crippen molar-refractivity contribution < 1.29 is 0 Å². The maximum absolute atomic E-state index is 4.47. The number of hydrogen-bond donors (Lipinski definition) is 0. The molecule has 17 heavy (non-hydrogen) atoms. The van der Waals surface area contributed by atoms with E-state index in [0.29, 0.717) is 11.6 Å². The second-order valence-corrected chi connectivity index (χ2v) is 4.05. The summed E-state index contributed by atoms with van der Waals surface area (Å²) in [5.41, 5.74) is 3.01.